The average Bonchev–Trinajstić information content (AvgIpc) is 2.71. The van der Waals surface area contributed by atoms with Crippen LogP contribution in [0.1, 0.15) is 67.3 Å². The minimum absolute atomic E-state index is 0.165. The van der Waals surface area contributed by atoms with Crippen molar-refractivity contribution in [3.05, 3.63) is 59.2 Å². The molecule has 2 N–H and O–H groups in total. The summed E-state index contributed by atoms with van der Waals surface area (Å²) >= 11 is 0. The van der Waals surface area contributed by atoms with Crippen LogP contribution in [0, 0.1) is 5.92 Å². The molecule has 31 heavy (non-hydrogen) atoms. The van der Waals surface area contributed by atoms with Crippen molar-refractivity contribution < 1.29 is 19.1 Å². The molecule has 0 unspecified atom stereocenters. The van der Waals surface area contributed by atoms with E-state index in [1.807, 2.05) is 39.0 Å². The summed E-state index contributed by atoms with van der Waals surface area (Å²) in [4.78, 5) is 24.7. The molecule has 0 fully saturated rings. The van der Waals surface area contributed by atoms with Gasteiger partial charge in [0.1, 0.15) is 0 Å². The van der Waals surface area contributed by atoms with Gasteiger partial charge in [-0.15, -0.1) is 0 Å². The van der Waals surface area contributed by atoms with Crippen LogP contribution in [0.15, 0.2) is 42.5 Å². The van der Waals surface area contributed by atoms with Crippen molar-refractivity contribution in [2.75, 3.05) is 13.7 Å². The lowest BCUT2D eigenvalue weighted by Gasteiger charge is -2.20. The molecule has 2 rings (SSSR count). The molecule has 0 saturated heterocycles. The van der Waals surface area contributed by atoms with Gasteiger partial charge in [-0.3, -0.25) is 9.59 Å². The minimum atomic E-state index is -0.316. The zero-order chi connectivity index (χ0) is 23.0. The third kappa shape index (κ3) is 7.96. The minimum Gasteiger partial charge on any atom is -0.493 e. The van der Waals surface area contributed by atoms with Gasteiger partial charge >= 0.3 is 0 Å². The highest BCUT2D eigenvalue weighted by atomic mass is 16.5. The average molecular weight is 427 g/mol. The second-order valence-corrected chi connectivity index (χ2v) is 8.98. The van der Waals surface area contributed by atoms with Crippen LogP contribution in [-0.2, 0) is 6.54 Å². The van der Waals surface area contributed by atoms with E-state index in [4.69, 9.17) is 9.47 Å². The number of ether oxygens (including phenoxy) is 2. The molecule has 6 nitrogen and oxygen atoms in total. The molecule has 0 bridgehead atoms. The molecule has 0 aliphatic carbocycles. The molecule has 0 aliphatic heterocycles. The van der Waals surface area contributed by atoms with Crippen LogP contribution in [-0.4, -0.2) is 31.1 Å². The highest BCUT2D eigenvalue weighted by molar-refractivity contribution is 5.98. The molecule has 0 heterocycles. The molecule has 168 valence electrons. The first-order valence-corrected chi connectivity index (χ1v) is 10.6. The molecule has 2 aromatic carbocycles. The number of rotatable bonds is 9. The molecule has 0 aliphatic rings. The Balaban J connectivity index is 1.95. The number of amides is 2. The maximum Gasteiger partial charge on any atom is 0.251 e. The summed E-state index contributed by atoms with van der Waals surface area (Å²) in [5.74, 6) is 1.54. The van der Waals surface area contributed by atoms with E-state index in [1.54, 1.807) is 31.4 Å². The summed E-state index contributed by atoms with van der Waals surface area (Å²) in [6.45, 7) is 11.1. The number of carbonyl (C=O) groups is 2. The molecule has 6 heteroatoms. The van der Waals surface area contributed by atoms with Gasteiger partial charge in [-0.1, -0.05) is 19.9 Å². The van der Waals surface area contributed by atoms with Crippen LogP contribution in [0.5, 0.6) is 11.5 Å². The SMILES string of the molecule is COc1cc(CNC(=O)c2ccc(C(=O)NC(C)(C)C)cc2)ccc1OCCC(C)C. The summed E-state index contributed by atoms with van der Waals surface area (Å²) in [7, 11) is 1.60. The third-order valence-electron chi connectivity index (χ3n) is 4.53. The van der Waals surface area contributed by atoms with Crippen molar-refractivity contribution in [2.45, 2.75) is 53.1 Å². The number of nitrogens with one attached hydrogen (secondary N) is 2. The van der Waals surface area contributed by atoms with Gasteiger partial charge in [-0.05, 0) is 75.1 Å². The van der Waals surface area contributed by atoms with Crippen molar-refractivity contribution in [3.8, 4) is 11.5 Å². The highest BCUT2D eigenvalue weighted by Crippen LogP contribution is 2.28. The normalized spacial score (nSPS) is 11.2. The fraction of sp³-hybridized carbons (Fsp3) is 0.440. The Morgan fingerprint density at radius 3 is 2.10 bits per heavy atom. The maximum atomic E-state index is 12.5. The van der Waals surface area contributed by atoms with Crippen LogP contribution in [0.2, 0.25) is 0 Å². The van der Waals surface area contributed by atoms with Crippen molar-refractivity contribution in [2.24, 2.45) is 5.92 Å². The first-order chi connectivity index (χ1) is 14.6. The van der Waals surface area contributed by atoms with E-state index in [9.17, 15) is 9.59 Å². The second-order valence-electron chi connectivity index (χ2n) is 8.98. The fourth-order valence-electron chi connectivity index (χ4n) is 2.82. The Labute approximate surface area is 185 Å². The molecule has 0 radical (unpaired) electrons. The van der Waals surface area contributed by atoms with Gasteiger partial charge in [-0.2, -0.15) is 0 Å². The Morgan fingerprint density at radius 1 is 0.935 bits per heavy atom. The monoisotopic (exact) mass is 426 g/mol. The summed E-state index contributed by atoms with van der Waals surface area (Å²) in [6, 6.07) is 12.3. The van der Waals surface area contributed by atoms with Gasteiger partial charge in [0.05, 0.1) is 13.7 Å². The van der Waals surface area contributed by atoms with Gasteiger partial charge in [0, 0.05) is 23.2 Å². The number of methoxy groups -OCH3 is 1. The summed E-state index contributed by atoms with van der Waals surface area (Å²) in [5, 5.41) is 5.80. The summed E-state index contributed by atoms with van der Waals surface area (Å²) in [6.07, 6.45) is 0.970. The Bertz CT molecular complexity index is 883. The van der Waals surface area contributed by atoms with Crippen LogP contribution in [0.4, 0.5) is 0 Å². The van der Waals surface area contributed by atoms with Gasteiger partial charge in [0.2, 0.25) is 0 Å². The molecular formula is C25H34N2O4. The van der Waals surface area contributed by atoms with Gasteiger partial charge < -0.3 is 20.1 Å². The number of hydrogen-bond acceptors (Lipinski definition) is 4. The first kappa shape index (κ1) is 24.3. The van der Waals surface area contributed by atoms with Crippen molar-refractivity contribution in [3.63, 3.8) is 0 Å². The van der Waals surface area contributed by atoms with Crippen LogP contribution < -0.4 is 20.1 Å². The lowest BCUT2D eigenvalue weighted by atomic mass is 10.1. The molecule has 2 amide bonds. The van der Waals surface area contributed by atoms with Crippen molar-refractivity contribution in [1.29, 1.82) is 0 Å². The predicted octanol–water partition coefficient (Wildman–Crippen LogP) is 4.58. The maximum absolute atomic E-state index is 12.5. The van der Waals surface area contributed by atoms with Gasteiger partial charge in [0.25, 0.3) is 11.8 Å². The first-order valence-electron chi connectivity index (χ1n) is 10.6. The highest BCUT2D eigenvalue weighted by Gasteiger charge is 2.16. The third-order valence-corrected chi connectivity index (χ3v) is 4.53. The van der Waals surface area contributed by atoms with E-state index < -0.39 is 0 Å². The quantitative estimate of drug-likeness (QED) is 0.615. The number of hydrogen-bond donors (Lipinski definition) is 2. The molecule has 0 atom stereocenters. The Kier molecular flexibility index (Phi) is 8.48. The van der Waals surface area contributed by atoms with E-state index in [2.05, 4.69) is 24.5 Å². The fourth-order valence-corrected chi connectivity index (χ4v) is 2.82. The van der Waals surface area contributed by atoms with E-state index in [0.29, 0.717) is 41.7 Å². The van der Waals surface area contributed by atoms with Gasteiger partial charge in [-0.25, -0.2) is 0 Å². The molecular weight excluding hydrogens is 392 g/mol. The van der Waals surface area contributed by atoms with E-state index in [0.717, 1.165) is 12.0 Å². The lowest BCUT2D eigenvalue weighted by Crippen LogP contribution is -2.40. The lowest BCUT2D eigenvalue weighted by molar-refractivity contribution is 0.0915. The zero-order valence-corrected chi connectivity index (χ0v) is 19.4. The van der Waals surface area contributed by atoms with Crippen LogP contribution >= 0.6 is 0 Å². The predicted molar refractivity (Wildman–Crippen MR) is 123 cm³/mol. The Hall–Kier alpha value is -3.02. The smallest absolute Gasteiger partial charge is 0.251 e. The van der Waals surface area contributed by atoms with Crippen molar-refractivity contribution in [1.82, 2.24) is 10.6 Å². The van der Waals surface area contributed by atoms with E-state index in [-0.39, 0.29) is 17.4 Å². The Morgan fingerprint density at radius 2 is 1.55 bits per heavy atom. The molecule has 0 saturated carbocycles. The van der Waals surface area contributed by atoms with E-state index >= 15 is 0 Å². The van der Waals surface area contributed by atoms with Crippen LogP contribution in [0.25, 0.3) is 0 Å². The van der Waals surface area contributed by atoms with Gasteiger partial charge in [0.15, 0.2) is 11.5 Å². The zero-order valence-electron chi connectivity index (χ0n) is 19.4. The van der Waals surface area contributed by atoms with Crippen molar-refractivity contribution >= 4 is 11.8 Å². The largest absolute Gasteiger partial charge is 0.493 e. The summed E-state index contributed by atoms with van der Waals surface area (Å²) in [5.41, 5.74) is 1.60. The standard InChI is InChI=1S/C25H34N2O4/c1-17(2)13-14-31-21-12-7-18(15-22(21)30-6)16-26-23(28)19-8-10-20(11-9-19)24(29)27-25(3,4)5/h7-12,15,17H,13-14,16H2,1-6H3,(H,26,28)(H,27,29). The molecule has 0 aromatic heterocycles. The molecule has 2 aromatic rings. The second kappa shape index (κ2) is 10.8. The number of carbonyl (C=O) groups excluding carboxylic acids is 2. The van der Waals surface area contributed by atoms with E-state index in [1.165, 1.54) is 0 Å². The molecule has 0 spiro atoms. The van der Waals surface area contributed by atoms with Crippen LogP contribution in [0.3, 0.4) is 0 Å². The summed E-state index contributed by atoms with van der Waals surface area (Å²) < 4.78 is 11.2. The number of benzene rings is 2. The topological polar surface area (TPSA) is 76.7 Å².